The standard InChI is InChI=1S/C12H18O2/c1-11-6-4-9-10(13)7-8(11)3-2-5-12(9,11)14/h8-9,14H,2-7H2,1H3/t8-,9+,11+,12-/m1/s1. The summed E-state index contributed by atoms with van der Waals surface area (Å²) < 4.78 is 0. The average Bonchev–Trinajstić information content (AvgIpc) is 2.30. The number of carbonyl (C=O) groups excluding carboxylic acids is 1. The predicted molar refractivity (Wildman–Crippen MR) is 52.7 cm³/mol. The molecule has 2 heteroatoms. The van der Waals surface area contributed by atoms with Crippen LogP contribution in [0.2, 0.25) is 0 Å². The number of carbonyl (C=O) groups is 1. The quantitative estimate of drug-likeness (QED) is 0.639. The molecule has 4 atom stereocenters. The van der Waals surface area contributed by atoms with Crippen molar-refractivity contribution in [3.63, 3.8) is 0 Å². The molecule has 4 bridgehead atoms. The second-order valence-corrected chi connectivity index (χ2v) is 5.69. The monoisotopic (exact) mass is 194 g/mol. The van der Waals surface area contributed by atoms with Crippen LogP contribution in [-0.2, 0) is 4.79 Å². The highest BCUT2D eigenvalue weighted by Crippen LogP contribution is 2.64. The Bertz CT molecular complexity index is 299. The zero-order chi connectivity index (χ0) is 9.97. The van der Waals surface area contributed by atoms with Crippen molar-refractivity contribution in [2.45, 2.75) is 51.0 Å². The molecule has 3 saturated carbocycles. The molecule has 0 heterocycles. The van der Waals surface area contributed by atoms with Crippen molar-refractivity contribution in [2.24, 2.45) is 17.3 Å². The van der Waals surface area contributed by atoms with Gasteiger partial charge in [-0.1, -0.05) is 13.3 Å². The van der Waals surface area contributed by atoms with Crippen molar-refractivity contribution in [3.8, 4) is 0 Å². The van der Waals surface area contributed by atoms with Crippen LogP contribution >= 0.6 is 0 Å². The summed E-state index contributed by atoms with van der Waals surface area (Å²) in [7, 11) is 0. The Morgan fingerprint density at radius 2 is 2.14 bits per heavy atom. The van der Waals surface area contributed by atoms with Crippen molar-refractivity contribution in [2.75, 3.05) is 0 Å². The second-order valence-electron chi connectivity index (χ2n) is 5.69. The predicted octanol–water partition coefficient (Wildman–Crippen LogP) is 1.91. The third-order valence-corrected chi connectivity index (χ3v) is 5.37. The molecule has 0 aliphatic heterocycles. The fourth-order valence-electron chi connectivity index (χ4n) is 4.39. The first-order valence-electron chi connectivity index (χ1n) is 5.83. The molecule has 0 aromatic carbocycles. The smallest absolute Gasteiger partial charge is 0.139 e. The lowest BCUT2D eigenvalue weighted by atomic mass is 9.53. The topological polar surface area (TPSA) is 37.3 Å². The van der Waals surface area contributed by atoms with Gasteiger partial charge in [0.1, 0.15) is 5.78 Å². The van der Waals surface area contributed by atoms with E-state index in [0.29, 0.717) is 11.7 Å². The molecule has 3 fully saturated rings. The van der Waals surface area contributed by atoms with E-state index in [-0.39, 0.29) is 11.3 Å². The lowest BCUT2D eigenvalue weighted by Gasteiger charge is -2.54. The molecule has 1 N–H and O–H groups in total. The molecular formula is C12H18O2. The fourth-order valence-corrected chi connectivity index (χ4v) is 4.39. The number of hydrogen-bond acceptors (Lipinski definition) is 2. The van der Waals surface area contributed by atoms with E-state index in [1.807, 2.05) is 0 Å². The molecule has 78 valence electrons. The van der Waals surface area contributed by atoms with Gasteiger partial charge in [0.05, 0.1) is 5.60 Å². The van der Waals surface area contributed by atoms with Crippen molar-refractivity contribution in [3.05, 3.63) is 0 Å². The van der Waals surface area contributed by atoms with E-state index in [1.54, 1.807) is 0 Å². The molecule has 3 aliphatic rings. The van der Waals surface area contributed by atoms with E-state index in [4.69, 9.17) is 0 Å². The minimum atomic E-state index is -0.634. The molecule has 0 saturated heterocycles. The highest BCUT2D eigenvalue weighted by atomic mass is 16.3. The zero-order valence-corrected chi connectivity index (χ0v) is 8.75. The van der Waals surface area contributed by atoms with Gasteiger partial charge in [-0.05, 0) is 31.6 Å². The van der Waals surface area contributed by atoms with E-state index in [2.05, 4.69) is 6.92 Å². The first-order chi connectivity index (χ1) is 6.58. The van der Waals surface area contributed by atoms with Gasteiger partial charge in [-0.25, -0.2) is 0 Å². The molecule has 2 nitrogen and oxygen atoms in total. The van der Waals surface area contributed by atoms with Gasteiger partial charge in [0.25, 0.3) is 0 Å². The van der Waals surface area contributed by atoms with Crippen LogP contribution in [-0.4, -0.2) is 16.5 Å². The van der Waals surface area contributed by atoms with Gasteiger partial charge in [-0.15, -0.1) is 0 Å². The van der Waals surface area contributed by atoms with Gasteiger partial charge < -0.3 is 5.11 Å². The molecule has 0 aromatic heterocycles. The summed E-state index contributed by atoms with van der Waals surface area (Å²) in [6.07, 6.45) is 5.85. The Balaban J connectivity index is 2.12. The molecule has 0 amide bonds. The van der Waals surface area contributed by atoms with Gasteiger partial charge >= 0.3 is 0 Å². The van der Waals surface area contributed by atoms with Crippen LogP contribution in [0.15, 0.2) is 0 Å². The van der Waals surface area contributed by atoms with Gasteiger partial charge in [0, 0.05) is 17.8 Å². The van der Waals surface area contributed by atoms with Crippen molar-refractivity contribution in [1.82, 2.24) is 0 Å². The van der Waals surface area contributed by atoms with Crippen molar-refractivity contribution >= 4 is 5.78 Å². The summed E-state index contributed by atoms with van der Waals surface area (Å²) in [6.45, 7) is 2.21. The molecular weight excluding hydrogens is 176 g/mol. The van der Waals surface area contributed by atoms with E-state index in [1.165, 1.54) is 0 Å². The summed E-state index contributed by atoms with van der Waals surface area (Å²) in [4.78, 5) is 11.9. The van der Waals surface area contributed by atoms with E-state index >= 15 is 0 Å². The van der Waals surface area contributed by atoms with Crippen molar-refractivity contribution < 1.29 is 9.90 Å². The summed E-state index contributed by atoms with van der Waals surface area (Å²) in [5, 5.41) is 10.7. The maximum absolute atomic E-state index is 11.9. The van der Waals surface area contributed by atoms with E-state index in [9.17, 15) is 9.90 Å². The molecule has 0 spiro atoms. The van der Waals surface area contributed by atoms with Gasteiger partial charge in [-0.3, -0.25) is 4.79 Å². The van der Waals surface area contributed by atoms with Crippen LogP contribution in [0.5, 0.6) is 0 Å². The fraction of sp³-hybridized carbons (Fsp3) is 0.917. The zero-order valence-electron chi connectivity index (χ0n) is 8.75. The Kier molecular flexibility index (Phi) is 1.53. The summed E-state index contributed by atoms with van der Waals surface area (Å²) in [5.41, 5.74) is -0.574. The van der Waals surface area contributed by atoms with Gasteiger partial charge in [-0.2, -0.15) is 0 Å². The van der Waals surface area contributed by atoms with Gasteiger partial charge in [0.15, 0.2) is 0 Å². The number of hydrogen-bond donors (Lipinski definition) is 1. The highest BCUT2D eigenvalue weighted by molar-refractivity contribution is 5.84. The summed E-state index contributed by atoms with van der Waals surface area (Å²) >= 11 is 0. The number of rotatable bonds is 0. The number of Topliss-reactive ketones (excluding diaryl/α,β-unsaturated/α-hetero) is 1. The maximum Gasteiger partial charge on any atom is 0.139 e. The SMILES string of the molecule is C[C@]12CC[C@H]3C(=O)C[C@H]1CCC[C@@]32O. The summed E-state index contributed by atoms with van der Waals surface area (Å²) in [5.74, 6) is 0.781. The number of aliphatic hydroxyl groups is 1. The Morgan fingerprint density at radius 3 is 2.93 bits per heavy atom. The number of ketones is 1. The average molecular weight is 194 g/mol. The lowest BCUT2D eigenvalue weighted by molar-refractivity contribution is -0.174. The first kappa shape index (κ1) is 8.90. The molecule has 3 rings (SSSR count). The second kappa shape index (κ2) is 2.41. The molecule has 0 aromatic rings. The lowest BCUT2D eigenvalue weighted by Crippen LogP contribution is -2.58. The van der Waals surface area contributed by atoms with Crippen molar-refractivity contribution in [1.29, 1.82) is 0 Å². The minimum Gasteiger partial charge on any atom is -0.389 e. The molecule has 0 radical (unpaired) electrons. The van der Waals surface area contributed by atoms with Crippen LogP contribution < -0.4 is 0 Å². The highest BCUT2D eigenvalue weighted by Gasteiger charge is 2.66. The third-order valence-electron chi connectivity index (χ3n) is 5.37. The Labute approximate surface area is 84.7 Å². The van der Waals surface area contributed by atoms with Crippen LogP contribution in [0, 0.1) is 17.3 Å². The maximum atomic E-state index is 11.9. The van der Waals surface area contributed by atoms with Crippen LogP contribution in [0.1, 0.15) is 45.4 Å². The van der Waals surface area contributed by atoms with Crippen LogP contribution in [0.25, 0.3) is 0 Å². The Morgan fingerprint density at radius 1 is 1.36 bits per heavy atom. The van der Waals surface area contributed by atoms with Gasteiger partial charge in [0.2, 0.25) is 0 Å². The molecule has 14 heavy (non-hydrogen) atoms. The Hall–Kier alpha value is -0.370. The van der Waals surface area contributed by atoms with Crippen LogP contribution in [0.4, 0.5) is 0 Å². The minimum absolute atomic E-state index is 0.0240. The van der Waals surface area contributed by atoms with E-state index in [0.717, 1.165) is 38.5 Å². The van der Waals surface area contributed by atoms with E-state index < -0.39 is 5.60 Å². The third kappa shape index (κ3) is 0.758. The molecule has 3 aliphatic carbocycles. The largest absolute Gasteiger partial charge is 0.389 e. The summed E-state index contributed by atoms with van der Waals surface area (Å²) in [6, 6.07) is 0. The first-order valence-corrected chi connectivity index (χ1v) is 5.83. The van der Waals surface area contributed by atoms with Crippen LogP contribution in [0.3, 0.4) is 0 Å². The normalized spacial score (nSPS) is 56.3. The molecule has 0 unspecified atom stereocenters.